The third kappa shape index (κ3) is 5.88. The zero-order valence-electron chi connectivity index (χ0n) is 21.5. The topological polar surface area (TPSA) is 26.8 Å². The molecular formula is C32H39N3O. The normalized spacial score (nSPS) is 18.9. The van der Waals surface area contributed by atoms with Crippen molar-refractivity contribution in [2.45, 2.75) is 31.2 Å². The molecule has 0 saturated carbocycles. The number of carbonyl (C=O) groups is 1. The first-order chi connectivity index (χ1) is 17.7. The highest BCUT2D eigenvalue weighted by molar-refractivity contribution is 5.78. The summed E-state index contributed by atoms with van der Waals surface area (Å²) in [5, 5.41) is 0. The van der Waals surface area contributed by atoms with Gasteiger partial charge in [-0.1, -0.05) is 91.0 Å². The Kier molecular flexibility index (Phi) is 8.15. The van der Waals surface area contributed by atoms with Crippen LogP contribution in [0.1, 0.15) is 47.9 Å². The summed E-state index contributed by atoms with van der Waals surface area (Å²) in [6.45, 7) is 6.20. The van der Waals surface area contributed by atoms with Crippen LogP contribution in [0.3, 0.4) is 0 Å². The fraction of sp³-hybridized carbons (Fsp3) is 0.406. The number of piperidine rings is 1. The number of benzene rings is 3. The first kappa shape index (κ1) is 24.7. The maximum atomic E-state index is 13.5. The minimum atomic E-state index is 0.0973. The van der Waals surface area contributed by atoms with Crippen molar-refractivity contribution in [1.29, 1.82) is 0 Å². The molecule has 4 heteroatoms. The van der Waals surface area contributed by atoms with E-state index in [-0.39, 0.29) is 11.8 Å². The molecule has 3 aromatic carbocycles. The van der Waals surface area contributed by atoms with Gasteiger partial charge in [0.25, 0.3) is 0 Å². The van der Waals surface area contributed by atoms with E-state index in [4.69, 9.17) is 0 Å². The maximum absolute atomic E-state index is 13.5. The summed E-state index contributed by atoms with van der Waals surface area (Å²) >= 11 is 0. The number of carbonyl (C=O) groups excluding carboxylic acids is 1. The molecule has 2 aliphatic heterocycles. The number of likely N-dealkylation sites (tertiary alicyclic amines) is 1. The molecule has 0 spiro atoms. The molecule has 2 heterocycles. The third-order valence-corrected chi connectivity index (χ3v) is 8.19. The van der Waals surface area contributed by atoms with Gasteiger partial charge in [-0.15, -0.1) is 0 Å². The maximum Gasteiger partial charge on any atom is 0.223 e. The van der Waals surface area contributed by atoms with Crippen molar-refractivity contribution in [2.75, 3.05) is 46.3 Å². The van der Waals surface area contributed by atoms with Crippen LogP contribution in [0.2, 0.25) is 0 Å². The second-order valence-electron chi connectivity index (χ2n) is 10.5. The van der Waals surface area contributed by atoms with E-state index < -0.39 is 0 Å². The molecule has 0 aliphatic carbocycles. The number of piperazine rings is 1. The van der Waals surface area contributed by atoms with Crippen molar-refractivity contribution < 1.29 is 4.79 Å². The molecular weight excluding hydrogens is 442 g/mol. The minimum absolute atomic E-state index is 0.0973. The van der Waals surface area contributed by atoms with E-state index in [9.17, 15) is 4.79 Å². The highest BCUT2D eigenvalue weighted by atomic mass is 16.2. The Labute approximate surface area is 216 Å². The molecule has 1 unspecified atom stereocenters. The Hall–Kier alpha value is -2.95. The van der Waals surface area contributed by atoms with Crippen LogP contribution in [-0.2, 0) is 4.79 Å². The molecule has 0 radical (unpaired) electrons. The van der Waals surface area contributed by atoms with Gasteiger partial charge in [-0.05, 0) is 42.5 Å². The highest BCUT2D eigenvalue weighted by Gasteiger charge is 2.34. The van der Waals surface area contributed by atoms with Crippen LogP contribution in [0, 0.1) is 5.92 Å². The minimum Gasteiger partial charge on any atom is -0.343 e. The quantitative estimate of drug-likeness (QED) is 0.450. The Morgan fingerprint density at radius 1 is 0.694 bits per heavy atom. The molecule has 3 aromatic rings. The second kappa shape index (κ2) is 11.9. The summed E-state index contributed by atoms with van der Waals surface area (Å²) in [6.07, 6.45) is 2.66. The lowest BCUT2D eigenvalue weighted by Gasteiger charge is -2.44. The molecule has 36 heavy (non-hydrogen) atoms. The van der Waals surface area contributed by atoms with Gasteiger partial charge in [-0.2, -0.15) is 0 Å². The van der Waals surface area contributed by atoms with Gasteiger partial charge in [0, 0.05) is 57.6 Å². The van der Waals surface area contributed by atoms with E-state index in [0.29, 0.717) is 18.4 Å². The summed E-state index contributed by atoms with van der Waals surface area (Å²) < 4.78 is 0. The average Bonchev–Trinajstić information content (AvgIpc) is 2.95. The van der Waals surface area contributed by atoms with E-state index in [1.165, 1.54) is 16.7 Å². The SMILES string of the molecule is CN1CCN(C(c2ccccc2)C2CCN(C(=O)CC(c3ccccc3)c3ccccc3)CC2)CC1. The highest BCUT2D eigenvalue weighted by Crippen LogP contribution is 2.37. The van der Waals surface area contributed by atoms with Crippen LogP contribution < -0.4 is 0 Å². The van der Waals surface area contributed by atoms with Crippen molar-refractivity contribution in [1.82, 2.24) is 14.7 Å². The number of hydrogen-bond acceptors (Lipinski definition) is 3. The van der Waals surface area contributed by atoms with E-state index in [1.807, 2.05) is 12.1 Å². The summed E-state index contributed by atoms with van der Waals surface area (Å²) in [4.78, 5) is 20.8. The summed E-state index contributed by atoms with van der Waals surface area (Å²) in [6, 6.07) is 32.5. The molecule has 0 bridgehead atoms. The Morgan fingerprint density at radius 2 is 1.17 bits per heavy atom. The predicted octanol–water partition coefficient (Wildman–Crippen LogP) is 5.44. The first-order valence-electron chi connectivity index (χ1n) is 13.5. The zero-order valence-corrected chi connectivity index (χ0v) is 21.5. The van der Waals surface area contributed by atoms with Crippen molar-refractivity contribution in [3.05, 3.63) is 108 Å². The molecule has 4 nitrogen and oxygen atoms in total. The summed E-state index contributed by atoms with van der Waals surface area (Å²) in [7, 11) is 2.22. The van der Waals surface area contributed by atoms with Crippen LogP contribution >= 0.6 is 0 Å². The van der Waals surface area contributed by atoms with Gasteiger partial charge in [0.2, 0.25) is 5.91 Å². The largest absolute Gasteiger partial charge is 0.343 e. The van der Waals surface area contributed by atoms with Gasteiger partial charge in [0.05, 0.1) is 0 Å². The summed E-state index contributed by atoms with van der Waals surface area (Å²) in [5.41, 5.74) is 3.86. The first-order valence-corrected chi connectivity index (χ1v) is 13.5. The van der Waals surface area contributed by atoms with Crippen molar-refractivity contribution in [3.8, 4) is 0 Å². The van der Waals surface area contributed by atoms with Crippen LogP contribution in [0.4, 0.5) is 0 Å². The monoisotopic (exact) mass is 481 g/mol. The van der Waals surface area contributed by atoms with Crippen LogP contribution in [-0.4, -0.2) is 66.9 Å². The van der Waals surface area contributed by atoms with E-state index in [0.717, 1.165) is 52.1 Å². The number of likely N-dealkylation sites (N-methyl/N-ethyl adjacent to an activating group) is 1. The Balaban J connectivity index is 1.26. The number of amides is 1. The molecule has 1 atom stereocenters. The Morgan fingerprint density at radius 3 is 1.67 bits per heavy atom. The molecule has 2 fully saturated rings. The number of hydrogen-bond donors (Lipinski definition) is 0. The van der Waals surface area contributed by atoms with E-state index >= 15 is 0 Å². The molecule has 5 rings (SSSR count). The lowest BCUT2D eigenvalue weighted by molar-refractivity contribution is -0.133. The third-order valence-electron chi connectivity index (χ3n) is 8.19. The number of nitrogens with zero attached hydrogens (tertiary/aromatic N) is 3. The molecule has 0 aromatic heterocycles. The molecule has 0 N–H and O–H groups in total. The molecule has 188 valence electrons. The van der Waals surface area contributed by atoms with Crippen molar-refractivity contribution in [2.24, 2.45) is 5.92 Å². The molecule has 1 amide bonds. The van der Waals surface area contributed by atoms with Gasteiger partial charge < -0.3 is 9.80 Å². The molecule has 2 aliphatic rings. The Bertz CT molecular complexity index is 1030. The average molecular weight is 482 g/mol. The fourth-order valence-corrected chi connectivity index (χ4v) is 6.10. The van der Waals surface area contributed by atoms with Crippen LogP contribution in [0.15, 0.2) is 91.0 Å². The van der Waals surface area contributed by atoms with Crippen molar-refractivity contribution >= 4 is 5.91 Å². The lowest BCUT2D eigenvalue weighted by atomic mass is 9.83. The van der Waals surface area contributed by atoms with Gasteiger partial charge in [-0.25, -0.2) is 0 Å². The smallest absolute Gasteiger partial charge is 0.223 e. The van der Waals surface area contributed by atoms with Gasteiger partial charge >= 0.3 is 0 Å². The van der Waals surface area contributed by atoms with Gasteiger partial charge in [-0.3, -0.25) is 9.69 Å². The molecule has 2 saturated heterocycles. The van der Waals surface area contributed by atoms with Crippen molar-refractivity contribution in [3.63, 3.8) is 0 Å². The fourth-order valence-electron chi connectivity index (χ4n) is 6.10. The van der Waals surface area contributed by atoms with E-state index in [1.54, 1.807) is 0 Å². The van der Waals surface area contributed by atoms with Gasteiger partial charge in [0.1, 0.15) is 0 Å². The summed E-state index contributed by atoms with van der Waals surface area (Å²) in [5.74, 6) is 0.959. The predicted molar refractivity (Wildman–Crippen MR) is 147 cm³/mol. The second-order valence-corrected chi connectivity index (χ2v) is 10.5. The van der Waals surface area contributed by atoms with Crippen LogP contribution in [0.25, 0.3) is 0 Å². The van der Waals surface area contributed by atoms with E-state index in [2.05, 4.69) is 101 Å². The van der Waals surface area contributed by atoms with Crippen LogP contribution in [0.5, 0.6) is 0 Å². The zero-order chi connectivity index (χ0) is 24.7. The standard InChI is InChI=1S/C32H39N3O/c1-33-21-23-35(24-22-33)32(28-15-9-4-10-16-28)29-17-19-34(20-18-29)31(36)25-30(26-11-5-2-6-12-26)27-13-7-3-8-14-27/h2-16,29-30,32H,17-25H2,1H3. The van der Waals surface area contributed by atoms with Gasteiger partial charge in [0.15, 0.2) is 0 Å². The number of rotatable bonds is 7. The lowest BCUT2D eigenvalue weighted by Crippen LogP contribution is -2.49.